The molecule has 1 amide bonds. The first-order chi connectivity index (χ1) is 14.2. The highest BCUT2D eigenvalue weighted by Gasteiger charge is 2.21. The maximum Gasteiger partial charge on any atom is 0.258 e. The molecule has 0 atom stereocenters. The van der Waals surface area contributed by atoms with Gasteiger partial charge >= 0.3 is 0 Å². The number of thiophene rings is 1. The third-order valence-electron chi connectivity index (χ3n) is 5.48. The zero-order chi connectivity index (χ0) is 19.8. The van der Waals surface area contributed by atoms with Crippen LogP contribution in [0.4, 0.5) is 0 Å². The molecule has 2 aromatic carbocycles. The van der Waals surface area contributed by atoms with Crippen LogP contribution in [-0.4, -0.2) is 10.9 Å². The van der Waals surface area contributed by atoms with E-state index in [1.807, 2.05) is 12.1 Å². The second kappa shape index (κ2) is 7.58. The molecule has 4 aromatic rings. The molecule has 0 radical (unpaired) electrons. The highest BCUT2D eigenvalue weighted by atomic mass is 32.1. The van der Waals surface area contributed by atoms with Gasteiger partial charge in [-0.2, -0.15) is 0 Å². The van der Waals surface area contributed by atoms with Crippen molar-refractivity contribution in [1.82, 2.24) is 4.98 Å². The summed E-state index contributed by atoms with van der Waals surface area (Å²) in [5.74, 6) is 0.329. The van der Waals surface area contributed by atoms with Gasteiger partial charge in [-0.25, -0.2) is 4.98 Å². The van der Waals surface area contributed by atoms with E-state index in [0.29, 0.717) is 4.88 Å². The number of carbonyl (C=O) groups excluding carboxylic acids is 1. The smallest absolute Gasteiger partial charge is 0.258 e. The average molecular weight is 417 g/mol. The molecule has 1 saturated carbocycles. The van der Waals surface area contributed by atoms with Crippen molar-refractivity contribution in [2.24, 2.45) is 5.73 Å². The van der Waals surface area contributed by atoms with Gasteiger partial charge in [-0.15, -0.1) is 22.7 Å². The lowest BCUT2D eigenvalue weighted by Crippen LogP contribution is -2.08. The quantitative estimate of drug-likeness (QED) is 0.400. The number of nitrogens with two attached hydrogens (primary N) is 1. The largest absolute Gasteiger partial charge is 0.365 e. The molecular formula is C24H20N2OS2. The molecule has 3 nitrogen and oxygen atoms in total. The summed E-state index contributed by atoms with van der Waals surface area (Å²) in [6, 6.07) is 23.0. The van der Waals surface area contributed by atoms with Crippen LogP contribution in [0.25, 0.3) is 31.6 Å². The topological polar surface area (TPSA) is 56.0 Å². The number of primary amides is 1. The zero-order valence-electron chi connectivity index (χ0n) is 15.8. The van der Waals surface area contributed by atoms with E-state index in [-0.39, 0.29) is 0 Å². The van der Waals surface area contributed by atoms with Gasteiger partial charge in [-0.3, -0.25) is 4.79 Å². The molecule has 5 heteroatoms. The summed E-state index contributed by atoms with van der Waals surface area (Å²) >= 11 is 3.06. The Morgan fingerprint density at radius 1 is 0.897 bits per heavy atom. The summed E-state index contributed by atoms with van der Waals surface area (Å²) in [7, 11) is 0. The Morgan fingerprint density at radius 3 is 2.28 bits per heavy atom. The van der Waals surface area contributed by atoms with Crippen LogP contribution in [0.15, 0.2) is 66.7 Å². The van der Waals surface area contributed by atoms with Gasteiger partial charge in [-0.1, -0.05) is 61.0 Å². The lowest BCUT2D eigenvalue weighted by molar-refractivity contribution is 0.100. The molecule has 1 fully saturated rings. The summed E-state index contributed by atoms with van der Waals surface area (Å²) < 4.78 is 0. The summed E-state index contributed by atoms with van der Waals surface area (Å²) in [4.78, 5) is 19.2. The summed E-state index contributed by atoms with van der Waals surface area (Å²) in [5, 5.41) is 0.916. The molecule has 0 bridgehead atoms. The molecule has 2 heterocycles. The first-order valence-electron chi connectivity index (χ1n) is 9.75. The van der Waals surface area contributed by atoms with E-state index >= 15 is 0 Å². The average Bonchev–Trinajstić information content (AvgIpc) is 3.35. The van der Waals surface area contributed by atoms with Crippen molar-refractivity contribution in [1.29, 1.82) is 0 Å². The predicted octanol–water partition coefficient (Wildman–Crippen LogP) is 6.57. The van der Waals surface area contributed by atoms with Crippen molar-refractivity contribution in [2.75, 3.05) is 0 Å². The zero-order valence-corrected chi connectivity index (χ0v) is 17.4. The van der Waals surface area contributed by atoms with Crippen LogP contribution in [0.1, 0.15) is 40.4 Å². The molecule has 1 aliphatic carbocycles. The minimum atomic E-state index is -0.395. The van der Waals surface area contributed by atoms with Crippen LogP contribution in [0.5, 0.6) is 0 Å². The van der Waals surface area contributed by atoms with E-state index < -0.39 is 5.91 Å². The molecule has 2 aromatic heterocycles. The van der Waals surface area contributed by atoms with Gasteiger partial charge in [0.15, 0.2) is 0 Å². The highest BCUT2D eigenvalue weighted by molar-refractivity contribution is 7.24. The minimum absolute atomic E-state index is 0.395. The number of rotatable bonds is 5. The van der Waals surface area contributed by atoms with Crippen LogP contribution in [-0.2, 0) is 0 Å². The Labute approximate surface area is 177 Å². The van der Waals surface area contributed by atoms with Crippen LogP contribution < -0.4 is 5.73 Å². The number of hydrogen-bond donors (Lipinski definition) is 1. The number of amides is 1. The van der Waals surface area contributed by atoms with Crippen LogP contribution in [0.2, 0.25) is 0 Å². The Bertz CT molecular complexity index is 1160. The predicted molar refractivity (Wildman–Crippen MR) is 121 cm³/mol. The van der Waals surface area contributed by atoms with E-state index in [4.69, 9.17) is 10.7 Å². The third kappa shape index (κ3) is 3.52. The summed E-state index contributed by atoms with van der Waals surface area (Å²) in [6.07, 6.45) is 3.94. The fraction of sp³-hybridized carbons (Fsp3) is 0.167. The molecule has 1 aliphatic rings. The van der Waals surface area contributed by atoms with Crippen molar-refractivity contribution in [3.8, 4) is 31.6 Å². The van der Waals surface area contributed by atoms with Crippen LogP contribution >= 0.6 is 22.7 Å². The monoisotopic (exact) mass is 416 g/mol. The molecule has 29 heavy (non-hydrogen) atoms. The van der Waals surface area contributed by atoms with Gasteiger partial charge in [-0.05, 0) is 42.0 Å². The van der Waals surface area contributed by atoms with Crippen molar-refractivity contribution in [2.45, 2.75) is 25.2 Å². The van der Waals surface area contributed by atoms with Gasteiger partial charge in [0, 0.05) is 5.56 Å². The molecule has 0 aliphatic heterocycles. The normalized spacial score (nSPS) is 13.9. The maximum absolute atomic E-state index is 11.5. The second-order valence-electron chi connectivity index (χ2n) is 7.34. The van der Waals surface area contributed by atoms with Gasteiger partial charge in [0.05, 0.1) is 20.3 Å². The van der Waals surface area contributed by atoms with E-state index in [2.05, 4.69) is 48.5 Å². The minimum Gasteiger partial charge on any atom is -0.365 e. The second-order valence-corrected chi connectivity index (χ2v) is 9.42. The maximum atomic E-state index is 11.5. The van der Waals surface area contributed by atoms with Gasteiger partial charge in [0.2, 0.25) is 0 Å². The molecule has 5 rings (SSSR count). The summed E-state index contributed by atoms with van der Waals surface area (Å²) in [6.45, 7) is 0. The van der Waals surface area contributed by atoms with Crippen molar-refractivity contribution in [3.05, 3.63) is 77.2 Å². The number of aromatic nitrogens is 1. The van der Waals surface area contributed by atoms with Crippen LogP contribution in [0.3, 0.4) is 0 Å². The molecule has 0 spiro atoms. The first-order valence-corrected chi connectivity index (χ1v) is 11.4. The SMILES string of the molecule is NC(=O)c1ccc(-c2nc(-c3ccc(C4CCC4)cc3)c(-c3ccccc3)s2)s1. The third-order valence-corrected chi connectivity index (χ3v) is 7.86. The lowest BCUT2D eigenvalue weighted by atomic mass is 9.80. The van der Waals surface area contributed by atoms with Crippen molar-refractivity contribution in [3.63, 3.8) is 0 Å². The Kier molecular flexibility index (Phi) is 4.78. The van der Waals surface area contributed by atoms with E-state index in [1.165, 1.54) is 36.2 Å². The number of carbonyl (C=O) groups is 1. The Balaban J connectivity index is 1.58. The number of hydrogen-bond acceptors (Lipinski definition) is 4. The molecular weight excluding hydrogens is 396 g/mol. The van der Waals surface area contributed by atoms with E-state index in [9.17, 15) is 4.79 Å². The van der Waals surface area contributed by atoms with Crippen LogP contribution in [0, 0.1) is 0 Å². The standard InChI is InChI=1S/C24H20N2OS2/c25-23(27)19-13-14-20(28-19)24-26-21(22(29-24)18-5-2-1-3-6-18)17-11-9-16(10-12-17)15-7-4-8-15/h1-3,5-6,9-15H,4,7-8H2,(H2,25,27). The number of nitrogens with zero attached hydrogens (tertiary/aromatic N) is 1. The Morgan fingerprint density at radius 2 is 1.66 bits per heavy atom. The molecule has 144 valence electrons. The van der Waals surface area contributed by atoms with E-state index in [0.717, 1.165) is 37.5 Å². The first kappa shape index (κ1) is 18.3. The van der Waals surface area contributed by atoms with Gasteiger partial charge in [0.1, 0.15) is 5.01 Å². The lowest BCUT2D eigenvalue weighted by Gasteiger charge is -2.25. The highest BCUT2D eigenvalue weighted by Crippen LogP contribution is 2.43. The van der Waals surface area contributed by atoms with Gasteiger partial charge < -0.3 is 5.73 Å². The fourth-order valence-corrected chi connectivity index (χ4v) is 5.65. The Hall–Kier alpha value is -2.76. The number of benzene rings is 2. The molecule has 2 N–H and O–H groups in total. The summed E-state index contributed by atoms with van der Waals surface area (Å²) in [5.41, 5.74) is 10.1. The molecule has 0 saturated heterocycles. The van der Waals surface area contributed by atoms with Crippen molar-refractivity contribution >= 4 is 28.6 Å². The molecule has 0 unspecified atom stereocenters. The fourth-order valence-electron chi connectivity index (χ4n) is 3.65. The number of thiazole rings is 1. The van der Waals surface area contributed by atoms with Gasteiger partial charge in [0.25, 0.3) is 5.91 Å². The van der Waals surface area contributed by atoms with Crippen molar-refractivity contribution < 1.29 is 4.79 Å². The van der Waals surface area contributed by atoms with E-state index in [1.54, 1.807) is 17.4 Å².